The zero-order chi connectivity index (χ0) is 14.0. The molecule has 0 amide bonds. The quantitative estimate of drug-likeness (QED) is 0.763. The molecule has 18 heavy (non-hydrogen) atoms. The summed E-state index contributed by atoms with van der Waals surface area (Å²) in [5.41, 5.74) is 1.86. The predicted molar refractivity (Wildman–Crippen MR) is 79.4 cm³/mol. The summed E-state index contributed by atoms with van der Waals surface area (Å²) in [4.78, 5) is 0. The van der Waals surface area contributed by atoms with E-state index in [2.05, 4.69) is 53.7 Å². The predicted octanol–water partition coefficient (Wildman–Crippen LogP) is 4.50. The molecule has 0 aromatic heterocycles. The molecule has 0 spiro atoms. The lowest BCUT2D eigenvalue weighted by atomic mass is 9.68. The van der Waals surface area contributed by atoms with Crippen molar-refractivity contribution in [1.82, 2.24) is 0 Å². The third kappa shape index (κ3) is 4.81. The maximum absolute atomic E-state index is 9.62. The number of hydrogen-bond acceptors (Lipinski definition) is 1. The molecule has 0 bridgehead atoms. The molecule has 0 heterocycles. The van der Waals surface area contributed by atoms with E-state index in [1.54, 1.807) is 0 Å². The molecule has 0 saturated heterocycles. The Bertz CT molecular complexity index is 358. The molecule has 1 heteroatoms. The van der Waals surface area contributed by atoms with Gasteiger partial charge in [0.25, 0.3) is 0 Å². The van der Waals surface area contributed by atoms with Crippen LogP contribution in [0.4, 0.5) is 0 Å². The fourth-order valence-electron chi connectivity index (χ4n) is 2.38. The minimum absolute atomic E-state index is 0.229. The molecule has 102 valence electrons. The second kappa shape index (κ2) is 5.44. The van der Waals surface area contributed by atoms with Crippen molar-refractivity contribution in [3.05, 3.63) is 36.0 Å². The van der Waals surface area contributed by atoms with Crippen LogP contribution in [-0.2, 0) is 0 Å². The minimum atomic E-state index is -0.450. The van der Waals surface area contributed by atoms with E-state index >= 15 is 0 Å². The molecule has 0 aliphatic heterocycles. The van der Waals surface area contributed by atoms with Gasteiger partial charge in [-0.2, -0.15) is 0 Å². The van der Waals surface area contributed by atoms with Crippen LogP contribution in [0.2, 0.25) is 0 Å². The first-order valence-corrected chi connectivity index (χ1v) is 6.84. The Kier molecular flexibility index (Phi) is 4.61. The zero-order valence-electron chi connectivity index (χ0n) is 12.7. The van der Waals surface area contributed by atoms with Gasteiger partial charge in [-0.25, -0.2) is 0 Å². The smallest absolute Gasteiger partial charge is 0.0908 e. The Morgan fingerprint density at radius 2 is 1.72 bits per heavy atom. The van der Waals surface area contributed by atoms with Crippen LogP contribution in [0, 0.1) is 16.7 Å². The van der Waals surface area contributed by atoms with Crippen LogP contribution in [0.15, 0.2) is 36.0 Å². The van der Waals surface area contributed by atoms with E-state index < -0.39 is 6.10 Å². The van der Waals surface area contributed by atoms with E-state index in [1.807, 2.05) is 18.2 Å². The van der Waals surface area contributed by atoms with Crippen molar-refractivity contribution in [2.24, 2.45) is 16.7 Å². The lowest BCUT2D eigenvalue weighted by molar-refractivity contribution is 0.199. The Hall–Kier alpha value is -0.820. The highest BCUT2D eigenvalue weighted by molar-refractivity contribution is 5.32. The fourth-order valence-corrected chi connectivity index (χ4v) is 2.38. The van der Waals surface area contributed by atoms with Gasteiger partial charge >= 0.3 is 0 Å². The van der Waals surface area contributed by atoms with E-state index in [-0.39, 0.29) is 5.41 Å². The molecule has 0 aromatic rings. The molecule has 0 aromatic carbocycles. The summed E-state index contributed by atoms with van der Waals surface area (Å²) in [5, 5.41) is 9.62. The second-order valence-electron chi connectivity index (χ2n) is 7.58. The molecule has 2 atom stereocenters. The van der Waals surface area contributed by atoms with E-state index in [1.165, 1.54) is 5.57 Å². The molecule has 0 saturated carbocycles. The number of aliphatic hydroxyl groups excluding tert-OH is 1. The number of hydrogen-bond donors (Lipinski definition) is 1. The van der Waals surface area contributed by atoms with Gasteiger partial charge in [-0.3, -0.25) is 0 Å². The summed E-state index contributed by atoms with van der Waals surface area (Å²) in [6.07, 6.45) is 10.6. The molecule has 0 fully saturated rings. The third-order valence-corrected chi connectivity index (χ3v) is 3.35. The topological polar surface area (TPSA) is 20.2 Å². The van der Waals surface area contributed by atoms with Gasteiger partial charge in [0.2, 0.25) is 0 Å². The molecule has 0 radical (unpaired) electrons. The zero-order valence-corrected chi connectivity index (χ0v) is 12.7. The van der Waals surface area contributed by atoms with Crippen LogP contribution in [0.5, 0.6) is 0 Å². The summed E-state index contributed by atoms with van der Waals surface area (Å²) in [6.45, 7) is 13.8. The monoisotopic (exact) mass is 248 g/mol. The maximum Gasteiger partial charge on any atom is 0.0908 e. The first-order valence-electron chi connectivity index (χ1n) is 6.84. The van der Waals surface area contributed by atoms with Gasteiger partial charge in [0.05, 0.1) is 6.10 Å². The summed E-state index contributed by atoms with van der Waals surface area (Å²) in [5.74, 6) is 0.503. The van der Waals surface area contributed by atoms with Gasteiger partial charge in [0.15, 0.2) is 0 Å². The SMILES string of the molecule is CC(C)(C)CC(C1=CC=CC(O)C=C1)C(C)(C)C. The molecule has 1 aliphatic carbocycles. The number of allylic oxidation sites excluding steroid dienone is 4. The van der Waals surface area contributed by atoms with Gasteiger partial charge in [0.1, 0.15) is 0 Å². The molecular formula is C17H28O. The normalized spacial score (nSPS) is 22.6. The number of aliphatic hydroxyl groups is 1. The summed E-state index contributed by atoms with van der Waals surface area (Å²) in [7, 11) is 0. The Morgan fingerprint density at radius 3 is 2.22 bits per heavy atom. The first-order chi connectivity index (χ1) is 8.09. The highest BCUT2D eigenvalue weighted by Gasteiger charge is 2.30. The van der Waals surface area contributed by atoms with Crippen LogP contribution >= 0.6 is 0 Å². The van der Waals surface area contributed by atoms with Crippen molar-refractivity contribution >= 4 is 0 Å². The number of rotatable bonds is 2. The molecule has 1 nitrogen and oxygen atoms in total. The van der Waals surface area contributed by atoms with Crippen LogP contribution in [0.25, 0.3) is 0 Å². The fraction of sp³-hybridized carbons (Fsp3) is 0.647. The average Bonchev–Trinajstić information content (AvgIpc) is 2.36. The van der Waals surface area contributed by atoms with Crippen molar-refractivity contribution in [3.8, 4) is 0 Å². The van der Waals surface area contributed by atoms with Gasteiger partial charge in [-0.05, 0) is 28.7 Å². The lowest BCUT2D eigenvalue weighted by Gasteiger charge is -2.36. The van der Waals surface area contributed by atoms with Crippen LogP contribution in [0.3, 0.4) is 0 Å². The maximum atomic E-state index is 9.62. The average molecular weight is 248 g/mol. The Morgan fingerprint density at radius 1 is 1.11 bits per heavy atom. The first kappa shape index (κ1) is 15.2. The van der Waals surface area contributed by atoms with Crippen LogP contribution < -0.4 is 0 Å². The van der Waals surface area contributed by atoms with Gasteiger partial charge in [-0.15, -0.1) is 0 Å². The van der Waals surface area contributed by atoms with Gasteiger partial charge in [-0.1, -0.05) is 71.9 Å². The van der Waals surface area contributed by atoms with E-state index in [9.17, 15) is 5.11 Å². The van der Waals surface area contributed by atoms with Crippen molar-refractivity contribution in [1.29, 1.82) is 0 Å². The standard InChI is InChI=1S/C17H28O/c1-16(2,3)12-15(17(4,5)6)13-8-7-9-14(18)11-10-13/h7-11,14-15,18H,12H2,1-6H3. The van der Waals surface area contributed by atoms with Crippen molar-refractivity contribution in [2.45, 2.75) is 54.1 Å². The molecular weight excluding hydrogens is 220 g/mol. The van der Waals surface area contributed by atoms with Gasteiger partial charge < -0.3 is 5.11 Å². The highest BCUT2D eigenvalue weighted by atomic mass is 16.3. The van der Waals surface area contributed by atoms with E-state index in [0.717, 1.165) is 6.42 Å². The van der Waals surface area contributed by atoms with Crippen LogP contribution in [0.1, 0.15) is 48.0 Å². The van der Waals surface area contributed by atoms with Crippen LogP contribution in [-0.4, -0.2) is 11.2 Å². The molecule has 1 N–H and O–H groups in total. The van der Waals surface area contributed by atoms with E-state index in [0.29, 0.717) is 11.3 Å². The summed E-state index contributed by atoms with van der Waals surface area (Å²) >= 11 is 0. The van der Waals surface area contributed by atoms with E-state index in [4.69, 9.17) is 0 Å². The van der Waals surface area contributed by atoms with Crippen molar-refractivity contribution in [3.63, 3.8) is 0 Å². The van der Waals surface area contributed by atoms with Crippen molar-refractivity contribution < 1.29 is 5.11 Å². The Labute approximate surface area is 112 Å². The molecule has 1 rings (SSSR count). The van der Waals surface area contributed by atoms with Crippen molar-refractivity contribution in [2.75, 3.05) is 0 Å². The summed E-state index contributed by atoms with van der Waals surface area (Å²) in [6, 6.07) is 0. The molecule has 1 aliphatic rings. The highest BCUT2D eigenvalue weighted by Crippen LogP contribution is 2.41. The second-order valence-corrected chi connectivity index (χ2v) is 7.58. The lowest BCUT2D eigenvalue weighted by Crippen LogP contribution is -2.26. The molecule has 2 unspecified atom stereocenters. The Balaban J connectivity index is 3.01. The third-order valence-electron chi connectivity index (χ3n) is 3.35. The minimum Gasteiger partial charge on any atom is -0.385 e. The van der Waals surface area contributed by atoms with Gasteiger partial charge in [0, 0.05) is 0 Å². The largest absolute Gasteiger partial charge is 0.385 e. The summed E-state index contributed by atoms with van der Waals surface area (Å²) < 4.78 is 0.